The summed E-state index contributed by atoms with van der Waals surface area (Å²) < 4.78 is 11.9. The third-order valence-corrected chi connectivity index (χ3v) is 2.82. The predicted octanol–water partition coefficient (Wildman–Crippen LogP) is 1.05. The van der Waals surface area contributed by atoms with E-state index in [4.69, 9.17) is 9.15 Å². The Labute approximate surface area is 97.0 Å². The van der Waals surface area contributed by atoms with Crippen molar-refractivity contribution in [2.75, 3.05) is 19.5 Å². The molecule has 0 radical (unpaired) electrons. The quantitative estimate of drug-likeness (QED) is 0.555. The summed E-state index contributed by atoms with van der Waals surface area (Å²) in [5.74, 6) is 1.66. The van der Waals surface area contributed by atoms with Gasteiger partial charge in [0.05, 0.1) is 12.9 Å². The van der Waals surface area contributed by atoms with Gasteiger partial charge in [0, 0.05) is 12.9 Å². The average Bonchev–Trinajstić information content (AvgIpc) is 2.92. The Morgan fingerprint density at radius 2 is 2.50 bits per heavy atom. The molecule has 0 aromatic carbocycles. The summed E-state index contributed by atoms with van der Waals surface area (Å²) in [5, 5.41) is 12.3. The fraction of sp³-hybridized carbons (Fsp3) is 0.444. The molecule has 86 valence electrons. The van der Waals surface area contributed by atoms with Crippen LogP contribution in [0.3, 0.4) is 0 Å². The molecule has 0 amide bonds. The number of hydrogen-bond acceptors (Lipinski definition) is 6. The summed E-state index contributed by atoms with van der Waals surface area (Å²) in [6.07, 6.45) is 1.64. The number of nitrogens with zero attached hydrogens (tertiary/aromatic N) is 4. The molecule has 2 rings (SSSR count). The predicted molar refractivity (Wildman–Crippen MR) is 58.2 cm³/mol. The minimum atomic E-state index is 0.551. The molecule has 0 fully saturated rings. The monoisotopic (exact) mass is 240 g/mol. The first-order valence-corrected chi connectivity index (χ1v) is 5.79. The Kier molecular flexibility index (Phi) is 3.95. The molecule has 0 aliphatic heterocycles. The molecule has 0 aliphatic carbocycles. The first-order valence-electron chi connectivity index (χ1n) is 4.80. The summed E-state index contributed by atoms with van der Waals surface area (Å²) in [4.78, 5) is 0. The van der Waals surface area contributed by atoms with Crippen molar-refractivity contribution in [3.8, 4) is 0 Å². The van der Waals surface area contributed by atoms with Crippen molar-refractivity contribution in [2.24, 2.45) is 0 Å². The Morgan fingerprint density at radius 3 is 3.25 bits per heavy atom. The Morgan fingerprint density at radius 1 is 1.56 bits per heavy atom. The van der Waals surface area contributed by atoms with E-state index in [1.807, 2.05) is 12.1 Å². The fourth-order valence-corrected chi connectivity index (χ4v) is 1.94. The topological polar surface area (TPSA) is 66.0 Å². The molecule has 0 saturated carbocycles. The molecule has 0 unspecified atom stereocenters. The van der Waals surface area contributed by atoms with Crippen molar-refractivity contribution in [1.29, 1.82) is 0 Å². The number of furan rings is 1. The van der Waals surface area contributed by atoms with Gasteiger partial charge >= 0.3 is 0 Å². The summed E-state index contributed by atoms with van der Waals surface area (Å²) >= 11 is 1.56. The van der Waals surface area contributed by atoms with Gasteiger partial charge < -0.3 is 9.15 Å². The molecular weight excluding hydrogens is 228 g/mol. The van der Waals surface area contributed by atoms with Crippen molar-refractivity contribution >= 4 is 11.8 Å². The van der Waals surface area contributed by atoms with Gasteiger partial charge in [0.15, 0.2) is 0 Å². The number of hydrogen-bond donors (Lipinski definition) is 0. The van der Waals surface area contributed by atoms with E-state index in [1.165, 1.54) is 0 Å². The van der Waals surface area contributed by atoms with Gasteiger partial charge in [0.1, 0.15) is 12.3 Å². The van der Waals surface area contributed by atoms with Crippen LogP contribution in [0.1, 0.15) is 5.76 Å². The summed E-state index contributed by atoms with van der Waals surface area (Å²) in [6.45, 7) is 1.23. The molecule has 0 atom stereocenters. The summed E-state index contributed by atoms with van der Waals surface area (Å²) in [7, 11) is 1.67. The fourth-order valence-electron chi connectivity index (χ4n) is 1.17. The molecule has 7 heteroatoms. The Bertz CT molecular complexity index is 415. The van der Waals surface area contributed by atoms with E-state index in [-0.39, 0.29) is 0 Å². The number of thioether (sulfide) groups is 1. The van der Waals surface area contributed by atoms with Crippen LogP contribution in [0.25, 0.3) is 0 Å². The highest BCUT2D eigenvalue weighted by Gasteiger charge is 2.08. The highest BCUT2D eigenvalue weighted by Crippen LogP contribution is 2.14. The van der Waals surface area contributed by atoms with E-state index >= 15 is 0 Å². The molecule has 0 N–H and O–H groups in total. The molecule has 2 aromatic rings. The standard InChI is InChI=1S/C9H12N4O2S/c1-14-5-6-16-9-10-11-12-13(9)7-8-3-2-4-15-8/h2-4H,5-7H2,1H3. The van der Waals surface area contributed by atoms with E-state index in [0.29, 0.717) is 13.2 Å². The number of rotatable bonds is 6. The highest BCUT2D eigenvalue weighted by molar-refractivity contribution is 7.99. The lowest BCUT2D eigenvalue weighted by Crippen LogP contribution is -2.04. The van der Waals surface area contributed by atoms with Crippen LogP contribution >= 0.6 is 11.8 Å². The van der Waals surface area contributed by atoms with Crippen LogP contribution in [0.15, 0.2) is 28.0 Å². The molecular formula is C9H12N4O2S. The van der Waals surface area contributed by atoms with Crippen LogP contribution in [0.2, 0.25) is 0 Å². The van der Waals surface area contributed by atoms with Gasteiger partial charge in [-0.25, -0.2) is 4.68 Å². The van der Waals surface area contributed by atoms with E-state index in [0.717, 1.165) is 16.7 Å². The van der Waals surface area contributed by atoms with Gasteiger partial charge in [-0.3, -0.25) is 0 Å². The summed E-state index contributed by atoms with van der Waals surface area (Å²) in [5.41, 5.74) is 0. The number of tetrazole rings is 1. The first-order chi connectivity index (χ1) is 7.90. The minimum absolute atomic E-state index is 0.551. The van der Waals surface area contributed by atoms with Crippen molar-refractivity contribution in [3.63, 3.8) is 0 Å². The van der Waals surface area contributed by atoms with E-state index in [9.17, 15) is 0 Å². The van der Waals surface area contributed by atoms with Gasteiger partial charge in [-0.1, -0.05) is 11.8 Å². The summed E-state index contributed by atoms with van der Waals surface area (Å²) in [6, 6.07) is 3.74. The molecule has 0 spiro atoms. The maximum absolute atomic E-state index is 5.24. The molecule has 2 aromatic heterocycles. The van der Waals surface area contributed by atoms with Crippen LogP contribution in [0, 0.1) is 0 Å². The van der Waals surface area contributed by atoms with Gasteiger partial charge in [-0.15, -0.1) is 5.10 Å². The Balaban J connectivity index is 1.96. The largest absolute Gasteiger partial charge is 0.467 e. The van der Waals surface area contributed by atoms with Crippen LogP contribution in [-0.4, -0.2) is 39.7 Å². The van der Waals surface area contributed by atoms with E-state index < -0.39 is 0 Å². The minimum Gasteiger partial charge on any atom is -0.467 e. The van der Waals surface area contributed by atoms with E-state index in [1.54, 1.807) is 29.8 Å². The smallest absolute Gasteiger partial charge is 0.209 e. The molecule has 0 saturated heterocycles. The van der Waals surface area contributed by atoms with Crippen molar-refractivity contribution in [1.82, 2.24) is 20.2 Å². The van der Waals surface area contributed by atoms with Crippen molar-refractivity contribution in [2.45, 2.75) is 11.7 Å². The number of methoxy groups -OCH3 is 1. The molecule has 6 nitrogen and oxygen atoms in total. The zero-order valence-electron chi connectivity index (χ0n) is 8.87. The van der Waals surface area contributed by atoms with Gasteiger partial charge in [0.25, 0.3) is 0 Å². The normalized spacial score (nSPS) is 10.8. The molecule has 2 heterocycles. The average molecular weight is 240 g/mol. The zero-order chi connectivity index (χ0) is 11.2. The van der Waals surface area contributed by atoms with Crippen molar-refractivity contribution in [3.05, 3.63) is 24.2 Å². The molecule has 16 heavy (non-hydrogen) atoms. The van der Waals surface area contributed by atoms with Crippen LogP contribution in [0.4, 0.5) is 0 Å². The molecule has 0 aliphatic rings. The third-order valence-electron chi connectivity index (χ3n) is 1.90. The van der Waals surface area contributed by atoms with Gasteiger partial charge in [-0.05, 0) is 22.6 Å². The number of ether oxygens (including phenoxy) is 1. The third kappa shape index (κ3) is 2.83. The van der Waals surface area contributed by atoms with Crippen LogP contribution in [0.5, 0.6) is 0 Å². The highest BCUT2D eigenvalue weighted by atomic mass is 32.2. The van der Waals surface area contributed by atoms with Gasteiger partial charge in [0.2, 0.25) is 5.16 Å². The lowest BCUT2D eigenvalue weighted by atomic mass is 10.4. The molecule has 0 bridgehead atoms. The number of aromatic nitrogens is 4. The van der Waals surface area contributed by atoms with E-state index in [2.05, 4.69) is 15.5 Å². The van der Waals surface area contributed by atoms with Gasteiger partial charge in [-0.2, -0.15) is 0 Å². The maximum atomic E-state index is 5.24. The lowest BCUT2D eigenvalue weighted by molar-refractivity contribution is 0.218. The second-order valence-electron chi connectivity index (χ2n) is 3.04. The van der Waals surface area contributed by atoms with Crippen LogP contribution < -0.4 is 0 Å². The maximum Gasteiger partial charge on any atom is 0.209 e. The second-order valence-corrected chi connectivity index (χ2v) is 4.10. The van der Waals surface area contributed by atoms with Crippen LogP contribution in [-0.2, 0) is 11.3 Å². The Hall–Kier alpha value is -1.34. The SMILES string of the molecule is COCCSc1nnnn1Cc1ccco1. The zero-order valence-corrected chi connectivity index (χ0v) is 9.68. The van der Waals surface area contributed by atoms with Crippen molar-refractivity contribution < 1.29 is 9.15 Å². The second kappa shape index (κ2) is 5.66. The first kappa shape index (κ1) is 11.2. The lowest BCUT2D eigenvalue weighted by Gasteiger charge is -2.01.